The van der Waals surface area contributed by atoms with Crippen LogP contribution in [0.4, 0.5) is 0 Å². The minimum atomic E-state index is -0.631. The minimum Gasteiger partial charge on any atom is -0.507 e. The van der Waals surface area contributed by atoms with Gasteiger partial charge in [0.05, 0.1) is 11.6 Å². The standard InChI is InChI=1S/C23H28N4O3/c1-14-15(2)25-16(3)18(14)21(28)19-20(17-6-8-24-9-7-17)27(23(30)22(19)29)13-12-26-10-4-5-11-26/h6-9,20,25,28H,4-5,10-13H2,1-3H3/b21-19+. The van der Waals surface area contributed by atoms with E-state index in [2.05, 4.69) is 14.9 Å². The molecule has 158 valence electrons. The highest BCUT2D eigenvalue weighted by Crippen LogP contribution is 2.40. The number of rotatable bonds is 5. The maximum absolute atomic E-state index is 13.1. The van der Waals surface area contributed by atoms with Crippen LogP contribution in [0, 0.1) is 20.8 Å². The van der Waals surface area contributed by atoms with Gasteiger partial charge in [-0.2, -0.15) is 0 Å². The lowest BCUT2D eigenvalue weighted by Gasteiger charge is -2.27. The molecular weight excluding hydrogens is 380 g/mol. The average Bonchev–Trinajstić information content (AvgIpc) is 3.40. The number of aliphatic hydroxyl groups is 1. The van der Waals surface area contributed by atoms with E-state index in [1.807, 2.05) is 20.8 Å². The lowest BCUT2D eigenvalue weighted by molar-refractivity contribution is -0.140. The molecule has 4 rings (SSSR count). The van der Waals surface area contributed by atoms with Gasteiger partial charge in [0.15, 0.2) is 0 Å². The number of Topliss-reactive ketones (excluding diaryl/α,β-unsaturated/α-hetero) is 1. The Bertz CT molecular complexity index is 1000. The number of hydrogen-bond donors (Lipinski definition) is 2. The number of aliphatic hydroxyl groups excluding tert-OH is 1. The van der Waals surface area contributed by atoms with Crippen LogP contribution in [-0.2, 0) is 9.59 Å². The summed E-state index contributed by atoms with van der Waals surface area (Å²) in [5.41, 5.74) is 4.11. The van der Waals surface area contributed by atoms with Crippen molar-refractivity contribution in [3.63, 3.8) is 0 Å². The zero-order chi connectivity index (χ0) is 21.4. The second-order valence-electron chi connectivity index (χ2n) is 8.20. The molecule has 0 saturated carbocycles. The van der Waals surface area contributed by atoms with Gasteiger partial charge in [0.25, 0.3) is 11.7 Å². The van der Waals surface area contributed by atoms with Gasteiger partial charge < -0.3 is 19.9 Å². The molecule has 7 nitrogen and oxygen atoms in total. The number of nitrogens with one attached hydrogen (secondary N) is 1. The molecule has 2 aliphatic rings. The van der Waals surface area contributed by atoms with Crippen LogP contribution in [0.2, 0.25) is 0 Å². The van der Waals surface area contributed by atoms with Crippen molar-refractivity contribution < 1.29 is 14.7 Å². The molecule has 0 radical (unpaired) electrons. The third-order valence-electron chi connectivity index (χ3n) is 6.34. The van der Waals surface area contributed by atoms with Crippen molar-refractivity contribution in [1.29, 1.82) is 0 Å². The first-order valence-corrected chi connectivity index (χ1v) is 10.5. The lowest BCUT2D eigenvalue weighted by atomic mass is 9.94. The van der Waals surface area contributed by atoms with E-state index in [0.29, 0.717) is 12.1 Å². The molecule has 1 amide bonds. The van der Waals surface area contributed by atoms with Gasteiger partial charge in [-0.1, -0.05) is 0 Å². The number of aromatic nitrogens is 2. The summed E-state index contributed by atoms with van der Waals surface area (Å²) in [7, 11) is 0. The van der Waals surface area contributed by atoms with Gasteiger partial charge in [0.2, 0.25) is 0 Å². The Morgan fingerprint density at radius 2 is 1.77 bits per heavy atom. The number of hydrogen-bond acceptors (Lipinski definition) is 5. The molecule has 0 bridgehead atoms. The molecule has 30 heavy (non-hydrogen) atoms. The first kappa shape index (κ1) is 20.3. The van der Waals surface area contributed by atoms with Crippen molar-refractivity contribution in [3.8, 4) is 0 Å². The van der Waals surface area contributed by atoms with Crippen LogP contribution in [-0.4, -0.2) is 62.7 Å². The molecule has 2 N–H and O–H groups in total. The highest BCUT2D eigenvalue weighted by atomic mass is 16.3. The summed E-state index contributed by atoms with van der Waals surface area (Å²) in [5.74, 6) is -1.30. The van der Waals surface area contributed by atoms with E-state index in [1.165, 1.54) is 0 Å². The molecular formula is C23H28N4O3. The van der Waals surface area contributed by atoms with Gasteiger partial charge in [0.1, 0.15) is 5.76 Å². The van der Waals surface area contributed by atoms with Crippen molar-refractivity contribution in [2.45, 2.75) is 39.7 Å². The van der Waals surface area contributed by atoms with E-state index in [1.54, 1.807) is 29.4 Å². The number of aryl methyl sites for hydroxylation is 2. The summed E-state index contributed by atoms with van der Waals surface area (Å²) in [6.07, 6.45) is 5.62. The van der Waals surface area contributed by atoms with Gasteiger partial charge in [0, 0.05) is 42.4 Å². The zero-order valence-corrected chi connectivity index (χ0v) is 17.7. The monoisotopic (exact) mass is 408 g/mol. The average molecular weight is 409 g/mol. The Kier molecular flexibility index (Phi) is 5.47. The normalized spacial score (nSPS) is 21.7. The van der Waals surface area contributed by atoms with Crippen molar-refractivity contribution in [1.82, 2.24) is 19.8 Å². The smallest absolute Gasteiger partial charge is 0.295 e. The number of carbonyl (C=O) groups is 2. The zero-order valence-electron chi connectivity index (χ0n) is 17.7. The van der Waals surface area contributed by atoms with Crippen molar-refractivity contribution in [2.75, 3.05) is 26.2 Å². The SMILES string of the molecule is Cc1[nH]c(C)c(/C(O)=C2\C(=O)C(=O)N(CCN3CCCC3)C2c2ccncc2)c1C. The maximum Gasteiger partial charge on any atom is 0.295 e. The highest BCUT2D eigenvalue weighted by molar-refractivity contribution is 6.46. The van der Waals surface area contributed by atoms with Crippen LogP contribution < -0.4 is 0 Å². The van der Waals surface area contributed by atoms with Gasteiger partial charge in [-0.25, -0.2) is 0 Å². The van der Waals surface area contributed by atoms with E-state index in [4.69, 9.17) is 0 Å². The number of amides is 1. The summed E-state index contributed by atoms with van der Waals surface area (Å²) in [6, 6.07) is 2.98. The molecule has 2 aromatic heterocycles. The fourth-order valence-corrected chi connectivity index (χ4v) is 4.65. The van der Waals surface area contributed by atoms with E-state index in [-0.39, 0.29) is 11.3 Å². The molecule has 2 aromatic rings. The Balaban J connectivity index is 1.79. The van der Waals surface area contributed by atoms with E-state index < -0.39 is 17.7 Å². The van der Waals surface area contributed by atoms with Crippen LogP contribution in [0.1, 0.15) is 47.0 Å². The number of nitrogens with zero attached hydrogens (tertiary/aromatic N) is 3. The molecule has 4 heterocycles. The molecule has 2 aliphatic heterocycles. The Morgan fingerprint density at radius 1 is 1.10 bits per heavy atom. The maximum atomic E-state index is 13.1. The van der Waals surface area contributed by atoms with Crippen LogP contribution >= 0.6 is 0 Å². The van der Waals surface area contributed by atoms with Gasteiger partial charge in [-0.15, -0.1) is 0 Å². The third-order valence-corrected chi connectivity index (χ3v) is 6.34. The Hall–Kier alpha value is -2.93. The van der Waals surface area contributed by atoms with Crippen LogP contribution in [0.15, 0.2) is 30.1 Å². The molecule has 1 unspecified atom stereocenters. The fraction of sp³-hybridized carbons (Fsp3) is 0.435. The van der Waals surface area contributed by atoms with Crippen LogP contribution in [0.5, 0.6) is 0 Å². The van der Waals surface area contributed by atoms with Crippen molar-refractivity contribution in [2.24, 2.45) is 0 Å². The first-order chi connectivity index (χ1) is 14.4. The topological polar surface area (TPSA) is 89.5 Å². The predicted octanol–water partition coefficient (Wildman–Crippen LogP) is 2.85. The predicted molar refractivity (Wildman–Crippen MR) is 114 cm³/mol. The number of carbonyl (C=O) groups excluding carboxylic acids is 2. The summed E-state index contributed by atoms with van der Waals surface area (Å²) in [4.78, 5) is 37.3. The van der Waals surface area contributed by atoms with Crippen molar-refractivity contribution >= 4 is 17.4 Å². The van der Waals surface area contributed by atoms with Crippen molar-refractivity contribution in [3.05, 3.63) is 58.2 Å². The molecule has 0 spiro atoms. The van der Waals surface area contributed by atoms with Crippen LogP contribution in [0.3, 0.4) is 0 Å². The lowest BCUT2D eigenvalue weighted by Crippen LogP contribution is -2.37. The molecule has 2 saturated heterocycles. The quantitative estimate of drug-likeness (QED) is 0.451. The summed E-state index contributed by atoms with van der Waals surface area (Å²) in [5, 5.41) is 11.2. The Morgan fingerprint density at radius 3 is 2.37 bits per heavy atom. The summed E-state index contributed by atoms with van der Waals surface area (Å²) >= 11 is 0. The largest absolute Gasteiger partial charge is 0.507 e. The van der Waals surface area contributed by atoms with Gasteiger partial charge in [-0.3, -0.25) is 14.6 Å². The van der Waals surface area contributed by atoms with Gasteiger partial charge in [-0.05, 0) is 70.0 Å². The number of aromatic amines is 1. The van der Waals surface area contributed by atoms with Crippen LogP contribution in [0.25, 0.3) is 5.76 Å². The van der Waals surface area contributed by atoms with E-state index >= 15 is 0 Å². The van der Waals surface area contributed by atoms with E-state index in [0.717, 1.165) is 55.0 Å². The number of likely N-dealkylation sites (tertiary alicyclic amines) is 2. The second kappa shape index (κ2) is 8.07. The molecule has 1 atom stereocenters. The number of pyridine rings is 1. The molecule has 2 fully saturated rings. The second-order valence-corrected chi connectivity index (χ2v) is 8.20. The summed E-state index contributed by atoms with van der Waals surface area (Å²) in [6.45, 7) is 8.89. The van der Waals surface area contributed by atoms with E-state index in [9.17, 15) is 14.7 Å². The fourth-order valence-electron chi connectivity index (χ4n) is 4.65. The number of ketones is 1. The molecule has 7 heteroatoms. The Labute approximate surface area is 176 Å². The van der Waals surface area contributed by atoms with Gasteiger partial charge >= 0.3 is 0 Å². The minimum absolute atomic E-state index is 0.113. The third kappa shape index (κ3) is 3.43. The molecule has 0 aromatic carbocycles. The number of H-pyrrole nitrogens is 1. The first-order valence-electron chi connectivity index (χ1n) is 10.5. The summed E-state index contributed by atoms with van der Waals surface area (Å²) < 4.78 is 0. The molecule has 0 aliphatic carbocycles. The highest BCUT2D eigenvalue weighted by Gasteiger charge is 2.46.